The highest BCUT2D eigenvalue weighted by Gasteiger charge is 2.39. The van der Waals surface area contributed by atoms with E-state index < -0.39 is 11.8 Å². The fourth-order valence-electron chi connectivity index (χ4n) is 3.54. The minimum absolute atomic E-state index is 0.0302. The number of carbonyl (C=O) groups excluding carboxylic acids is 1. The van der Waals surface area contributed by atoms with E-state index in [0.29, 0.717) is 24.1 Å². The van der Waals surface area contributed by atoms with Gasteiger partial charge in [0.15, 0.2) is 0 Å². The van der Waals surface area contributed by atoms with Crippen LogP contribution < -0.4 is 5.73 Å². The summed E-state index contributed by atoms with van der Waals surface area (Å²) in [6.07, 6.45) is 5.01. The number of rotatable bonds is 3. The standard InChI is InChI=1S/C15H18FNO2/c16-14-7-12(17)3-4-13(14)15(18)19-8-11-6-9-1-2-10(11)5-9/h3-4,7,9-11H,1-2,5-6,8,17H2. The second-order valence-electron chi connectivity index (χ2n) is 5.77. The second kappa shape index (κ2) is 4.83. The molecule has 2 fully saturated rings. The zero-order valence-electron chi connectivity index (χ0n) is 10.8. The molecule has 0 amide bonds. The van der Waals surface area contributed by atoms with Gasteiger partial charge in [-0.05, 0) is 55.2 Å². The number of esters is 1. The van der Waals surface area contributed by atoms with Gasteiger partial charge in [-0.15, -0.1) is 0 Å². The zero-order chi connectivity index (χ0) is 13.4. The molecule has 0 spiro atoms. The van der Waals surface area contributed by atoms with Crippen molar-refractivity contribution in [2.75, 3.05) is 12.3 Å². The Morgan fingerprint density at radius 3 is 2.84 bits per heavy atom. The van der Waals surface area contributed by atoms with Gasteiger partial charge in [0.1, 0.15) is 5.82 Å². The van der Waals surface area contributed by atoms with Crippen molar-refractivity contribution in [1.82, 2.24) is 0 Å². The molecule has 0 aromatic heterocycles. The number of anilines is 1. The molecule has 102 valence electrons. The molecule has 3 rings (SSSR count). The smallest absolute Gasteiger partial charge is 0.341 e. The highest BCUT2D eigenvalue weighted by atomic mass is 19.1. The Kier molecular flexibility index (Phi) is 3.17. The van der Waals surface area contributed by atoms with Crippen molar-refractivity contribution in [3.63, 3.8) is 0 Å². The predicted molar refractivity (Wildman–Crippen MR) is 70.0 cm³/mol. The summed E-state index contributed by atoms with van der Waals surface area (Å²) in [5, 5.41) is 0. The van der Waals surface area contributed by atoms with Gasteiger partial charge in [0.2, 0.25) is 0 Å². The Bertz CT molecular complexity index is 503. The molecule has 1 aromatic carbocycles. The SMILES string of the molecule is Nc1ccc(C(=O)OCC2CC3CCC2C3)c(F)c1. The van der Waals surface area contributed by atoms with Crippen molar-refractivity contribution in [3.05, 3.63) is 29.6 Å². The Balaban J connectivity index is 1.59. The van der Waals surface area contributed by atoms with Crippen LogP contribution in [-0.4, -0.2) is 12.6 Å². The number of hydrogen-bond acceptors (Lipinski definition) is 3. The van der Waals surface area contributed by atoms with Crippen LogP contribution in [0.25, 0.3) is 0 Å². The van der Waals surface area contributed by atoms with Gasteiger partial charge < -0.3 is 10.5 Å². The number of nitrogen functional groups attached to an aromatic ring is 1. The van der Waals surface area contributed by atoms with E-state index in [2.05, 4.69) is 0 Å². The lowest BCUT2D eigenvalue weighted by Gasteiger charge is -2.21. The number of nitrogens with two attached hydrogens (primary N) is 1. The van der Waals surface area contributed by atoms with Crippen LogP contribution in [0.3, 0.4) is 0 Å². The monoisotopic (exact) mass is 263 g/mol. The summed E-state index contributed by atoms with van der Waals surface area (Å²) in [7, 11) is 0. The van der Waals surface area contributed by atoms with E-state index in [1.807, 2.05) is 0 Å². The van der Waals surface area contributed by atoms with E-state index in [1.54, 1.807) is 0 Å². The average molecular weight is 263 g/mol. The molecule has 0 radical (unpaired) electrons. The Morgan fingerprint density at radius 1 is 1.37 bits per heavy atom. The number of carbonyl (C=O) groups is 1. The first-order chi connectivity index (χ1) is 9.13. The first-order valence-electron chi connectivity index (χ1n) is 6.85. The molecule has 2 aliphatic carbocycles. The van der Waals surface area contributed by atoms with Crippen LogP contribution in [-0.2, 0) is 4.74 Å². The van der Waals surface area contributed by atoms with Gasteiger partial charge in [0.25, 0.3) is 0 Å². The largest absolute Gasteiger partial charge is 0.462 e. The van der Waals surface area contributed by atoms with E-state index >= 15 is 0 Å². The van der Waals surface area contributed by atoms with E-state index in [1.165, 1.54) is 31.4 Å². The van der Waals surface area contributed by atoms with Crippen LogP contribution in [0.2, 0.25) is 0 Å². The maximum absolute atomic E-state index is 13.6. The molecule has 2 bridgehead atoms. The molecule has 0 heterocycles. The molecular weight excluding hydrogens is 245 g/mol. The third kappa shape index (κ3) is 2.44. The Morgan fingerprint density at radius 2 is 2.21 bits per heavy atom. The van der Waals surface area contributed by atoms with E-state index in [-0.39, 0.29) is 5.56 Å². The number of fused-ring (bicyclic) bond motifs is 2. The topological polar surface area (TPSA) is 52.3 Å². The van der Waals surface area contributed by atoms with Crippen LogP contribution in [0.1, 0.15) is 36.0 Å². The summed E-state index contributed by atoms with van der Waals surface area (Å²) in [5.74, 6) is 0.800. The molecular formula is C15H18FNO2. The normalized spacial score (nSPS) is 28.6. The van der Waals surface area contributed by atoms with Crippen LogP contribution in [0.5, 0.6) is 0 Å². The van der Waals surface area contributed by atoms with Crippen molar-refractivity contribution in [3.8, 4) is 0 Å². The van der Waals surface area contributed by atoms with Crippen LogP contribution in [0.15, 0.2) is 18.2 Å². The van der Waals surface area contributed by atoms with Crippen molar-refractivity contribution in [1.29, 1.82) is 0 Å². The molecule has 3 unspecified atom stereocenters. The molecule has 19 heavy (non-hydrogen) atoms. The highest BCUT2D eigenvalue weighted by molar-refractivity contribution is 5.90. The summed E-state index contributed by atoms with van der Waals surface area (Å²) in [5.41, 5.74) is 5.73. The number of halogens is 1. The molecule has 1 aromatic rings. The van der Waals surface area contributed by atoms with Crippen molar-refractivity contribution in [2.45, 2.75) is 25.7 Å². The fourth-order valence-corrected chi connectivity index (χ4v) is 3.54. The van der Waals surface area contributed by atoms with E-state index in [0.717, 1.165) is 18.4 Å². The van der Waals surface area contributed by atoms with E-state index in [9.17, 15) is 9.18 Å². The summed E-state index contributed by atoms with van der Waals surface area (Å²) < 4.78 is 18.8. The first kappa shape index (κ1) is 12.5. The summed E-state index contributed by atoms with van der Waals surface area (Å²) in [4.78, 5) is 11.8. The molecule has 2 N–H and O–H groups in total. The van der Waals surface area contributed by atoms with Gasteiger partial charge in [-0.2, -0.15) is 0 Å². The third-order valence-electron chi connectivity index (χ3n) is 4.53. The average Bonchev–Trinajstić information content (AvgIpc) is 2.98. The quantitative estimate of drug-likeness (QED) is 0.673. The predicted octanol–water partition coefficient (Wildman–Crippen LogP) is 3.00. The van der Waals surface area contributed by atoms with Crippen molar-refractivity contribution < 1.29 is 13.9 Å². The Hall–Kier alpha value is -1.58. The van der Waals surface area contributed by atoms with Gasteiger partial charge >= 0.3 is 5.97 Å². The summed E-state index contributed by atoms with van der Waals surface area (Å²) in [6, 6.07) is 4.04. The number of ether oxygens (including phenoxy) is 1. The van der Waals surface area contributed by atoms with Gasteiger partial charge in [-0.25, -0.2) is 9.18 Å². The number of hydrogen-bond donors (Lipinski definition) is 1. The third-order valence-corrected chi connectivity index (χ3v) is 4.53. The zero-order valence-corrected chi connectivity index (χ0v) is 10.8. The van der Waals surface area contributed by atoms with Crippen molar-refractivity contribution >= 4 is 11.7 Å². The van der Waals surface area contributed by atoms with E-state index in [4.69, 9.17) is 10.5 Å². The van der Waals surface area contributed by atoms with Crippen LogP contribution in [0.4, 0.5) is 10.1 Å². The lowest BCUT2D eigenvalue weighted by atomic mass is 9.89. The molecule has 4 heteroatoms. The minimum atomic E-state index is -0.613. The molecule has 3 atom stereocenters. The van der Waals surface area contributed by atoms with Gasteiger partial charge in [0.05, 0.1) is 12.2 Å². The molecule has 2 saturated carbocycles. The van der Waals surface area contributed by atoms with Gasteiger partial charge in [-0.1, -0.05) is 6.42 Å². The summed E-state index contributed by atoms with van der Waals surface area (Å²) >= 11 is 0. The minimum Gasteiger partial charge on any atom is -0.462 e. The number of benzene rings is 1. The molecule has 2 aliphatic rings. The van der Waals surface area contributed by atoms with Crippen LogP contribution >= 0.6 is 0 Å². The molecule has 3 nitrogen and oxygen atoms in total. The van der Waals surface area contributed by atoms with Crippen LogP contribution in [0, 0.1) is 23.6 Å². The fraction of sp³-hybridized carbons (Fsp3) is 0.533. The van der Waals surface area contributed by atoms with Crippen molar-refractivity contribution in [2.24, 2.45) is 17.8 Å². The lowest BCUT2D eigenvalue weighted by molar-refractivity contribution is 0.0389. The maximum atomic E-state index is 13.6. The maximum Gasteiger partial charge on any atom is 0.341 e. The van der Waals surface area contributed by atoms with Gasteiger partial charge in [0, 0.05) is 5.69 Å². The first-order valence-corrected chi connectivity index (χ1v) is 6.85. The van der Waals surface area contributed by atoms with Gasteiger partial charge in [-0.3, -0.25) is 0 Å². The second-order valence-corrected chi connectivity index (χ2v) is 5.77. The Labute approximate surface area is 111 Å². The lowest BCUT2D eigenvalue weighted by Crippen LogP contribution is -2.20. The molecule has 0 aliphatic heterocycles. The molecule has 0 saturated heterocycles. The highest BCUT2D eigenvalue weighted by Crippen LogP contribution is 2.48. The summed E-state index contributed by atoms with van der Waals surface area (Å²) in [6.45, 7) is 0.420.